The molecule has 6 rings (SSSR count). The molecule has 4 aliphatic heterocycles. The van der Waals surface area contributed by atoms with Crippen LogP contribution in [0.15, 0.2) is 6.07 Å². The Kier molecular flexibility index (Phi) is 9.46. The molecule has 2 unspecified atom stereocenters. The quantitative estimate of drug-likeness (QED) is 0.301. The van der Waals surface area contributed by atoms with Crippen LogP contribution in [0.4, 0.5) is 13.2 Å². The number of ether oxygens (including phenoxy) is 3. The molecule has 5 N–H and O–H groups in total. The second-order valence-corrected chi connectivity index (χ2v) is 12.0. The monoisotopic (exact) mass is 863 g/mol. The Morgan fingerprint density at radius 3 is 2.43 bits per heavy atom. The zero-order chi connectivity index (χ0) is 32.7. The molecule has 247 valence electrons. The number of nitrogens with zero attached hydrogens (tertiary/aromatic N) is 2. The minimum absolute atomic E-state index is 0. The Morgan fingerprint density at radius 2 is 1.78 bits per heavy atom. The maximum atomic E-state index is 13.0. The Bertz CT molecular complexity index is 1590. The molecule has 1 saturated heterocycles. The second kappa shape index (κ2) is 12.5. The number of carbonyl (C=O) groups excluding carboxylic acids is 2. The summed E-state index contributed by atoms with van der Waals surface area (Å²) in [5, 5.41) is 39.2. The normalized spacial score (nSPS) is 25.4. The molecular formula is C30H35AcF3N4O8. The van der Waals surface area contributed by atoms with Gasteiger partial charge in [0.15, 0.2) is 23.0 Å². The number of aliphatic hydroxyl groups excluding tert-OH is 1. The van der Waals surface area contributed by atoms with E-state index in [4.69, 9.17) is 14.2 Å². The van der Waals surface area contributed by atoms with Crippen molar-refractivity contribution >= 4 is 11.8 Å². The minimum atomic E-state index is -5.16. The van der Waals surface area contributed by atoms with Crippen LogP contribution >= 0.6 is 0 Å². The minimum Gasteiger partial charge on any atom is -0.507 e. The Hall–Kier alpha value is -2.51. The maximum absolute atomic E-state index is 13.0. The first-order chi connectivity index (χ1) is 21.2. The number of alkyl halides is 3. The van der Waals surface area contributed by atoms with Gasteiger partial charge in [-0.15, -0.1) is 0 Å². The van der Waals surface area contributed by atoms with Crippen LogP contribution in [0.3, 0.4) is 0 Å². The topological polar surface area (TPSA) is 153 Å². The molecule has 2 aromatic carbocycles. The molecule has 0 spiro atoms. The van der Waals surface area contributed by atoms with Gasteiger partial charge in [0.05, 0.1) is 25.2 Å². The number of benzene rings is 2. The number of hydrogen-bond acceptors (Lipinski definition) is 10. The number of phenolic OH excluding ortho intramolecular Hbond substituents is 2. The number of phenols is 2. The van der Waals surface area contributed by atoms with E-state index in [0.717, 1.165) is 18.1 Å². The van der Waals surface area contributed by atoms with E-state index >= 15 is 0 Å². The molecule has 0 saturated carbocycles. The fraction of sp³-hybridized carbons (Fsp3) is 0.533. The van der Waals surface area contributed by atoms with Gasteiger partial charge in [-0.05, 0) is 51.8 Å². The summed E-state index contributed by atoms with van der Waals surface area (Å²) in [5.41, 5.74) is 3.65. The van der Waals surface area contributed by atoms with Gasteiger partial charge in [0.25, 0.3) is 0 Å². The number of rotatable bonds is 5. The van der Waals surface area contributed by atoms with Crippen LogP contribution in [0.5, 0.6) is 28.7 Å². The third-order valence-electron chi connectivity index (χ3n) is 9.59. The molecule has 2 aromatic rings. The Morgan fingerprint density at radius 1 is 1.11 bits per heavy atom. The SMILES string of the molecule is COc1c(C)cc2c(c1O)[C@@H]1C3Cc4c(O)c(C)c5c(c4[C@H](CNC(=O)[C@H](C)NC(=O)C(F)(F)F)N3C(O)[C@H](C2)N1C)OCO5.[Ac]. The van der Waals surface area contributed by atoms with E-state index < -0.39 is 54.4 Å². The van der Waals surface area contributed by atoms with Crippen molar-refractivity contribution in [3.05, 3.63) is 39.4 Å². The molecule has 0 aliphatic carbocycles. The molecule has 46 heavy (non-hydrogen) atoms. The number of fused-ring (bicyclic) bond motifs is 9. The average Bonchev–Trinajstić information content (AvgIpc) is 3.46. The Balaban J connectivity index is 0.00000417. The van der Waals surface area contributed by atoms with Crippen molar-refractivity contribution in [2.75, 3.05) is 27.5 Å². The molecule has 4 aliphatic rings. The first-order valence-electron chi connectivity index (χ1n) is 14.5. The molecule has 1 fully saturated rings. The number of nitrogens with one attached hydrogen (secondary N) is 2. The van der Waals surface area contributed by atoms with Gasteiger partial charge >= 0.3 is 12.1 Å². The molecule has 2 bridgehead atoms. The van der Waals surface area contributed by atoms with E-state index in [2.05, 4.69) is 5.32 Å². The smallest absolute Gasteiger partial charge is 0.471 e. The van der Waals surface area contributed by atoms with Crippen LogP contribution in [0, 0.1) is 57.9 Å². The number of carbonyl (C=O) groups is 2. The third-order valence-corrected chi connectivity index (χ3v) is 9.59. The summed E-state index contributed by atoms with van der Waals surface area (Å²) in [6, 6.07) is -1.92. The largest absolute Gasteiger partial charge is 0.507 e. The number of amides is 2. The molecule has 2 amide bonds. The van der Waals surface area contributed by atoms with Crippen LogP contribution in [-0.2, 0) is 22.4 Å². The molecular weight excluding hydrogens is 828 g/mol. The number of hydrogen-bond donors (Lipinski definition) is 5. The molecule has 0 aromatic heterocycles. The van der Waals surface area contributed by atoms with Crippen molar-refractivity contribution in [3.8, 4) is 28.7 Å². The number of aromatic hydroxyl groups is 2. The first-order valence-corrected chi connectivity index (χ1v) is 14.5. The number of likely N-dealkylation sites (N-methyl/N-ethyl adjacent to an activating group) is 1. The third kappa shape index (κ3) is 5.38. The first kappa shape index (κ1) is 34.8. The van der Waals surface area contributed by atoms with E-state index in [1.165, 1.54) is 7.11 Å². The van der Waals surface area contributed by atoms with E-state index in [-0.39, 0.29) is 75.3 Å². The van der Waals surface area contributed by atoms with E-state index in [1.807, 2.05) is 29.8 Å². The summed E-state index contributed by atoms with van der Waals surface area (Å²) < 4.78 is 55.5. The van der Waals surface area contributed by atoms with Crippen molar-refractivity contribution in [3.63, 3.8) is 0 Å². The summed E-state index contributed by atoms with van der Waals surface area (Å²) in [5.74, 6) is -2.20. The van der Waals surface area contributed by atoms with E-state index in [0.29, 0.717) is 45.9 Å². The van der Waals surface area contributed by atoms with Gasteiger partial charge in [0.2, 0.25) is 12.7 Å². The number of halogens is 3. The van der Waals surface area contributed by atoms with Crippen LogP contribution in [0.1, 0.15) is 52.4 Å². The molecule has 16 heteroatoms. The fourth-order valence-corrected chi connectivity index (χ4v) is 7.55. The zero-order valence-corrected chi connectivity index (χ0v) is 30.6. The molecule has 1 radical (unpaired) electrons. The van der Waals surface area contributed by atoms with Gasteiger partial charge in [0, 0.05) is 78.9 Å². The van der Waals surface area contributed by atoms with Gasteiger partial charge in [0.1, 0.15) is 18.0 Å². The number of aliphatic hydroxyl groups is 1. The maximum Gasteiger partial charge on any atom is 0.471 e. The predicted octanol–water partition coefficient (Wildman–Crippen LogP) is 1.83. The predicted molar refractivity (Wildman–Crippen MR) is 151 cm³/mol. The molecule has 4 heterocycles. The number of aryl methyl sites for hydroxylation is 1. The Labute approximate surface area is 298 Å². The molecule has 6 atom stereocenters. The van der Waals surface area contributed by atoms with Gasteiger partial charge in [-0.25, -0.2) is 0 Å². The fourth-order valence-electron chi connectivity index (χ4n) is 7.55. The van der Waals surface area contributed by atoms with Crippen LogP contribution in [0.2, 0.25) is 0 Å². The average molecular weight is 864 g/mol. The van der Waals surface area contributed by atoms with E-state index in [1.54, 1.807) is 12.2 Å². The standard InChI is InChI=1S/C30H35F3N4O8.Ac/c1-11-6-14-7-17-28(41)37-16(21(36(17)4)19(14)23(39)24(11)43-5)8-15-20(26-25(44-10-45-26)12(2)22(15)38)18(37)9-34-27(40)13(3)35-29(42)30(31,32)33;/h6,13,16-18,21,28,38-39,41H,7-10H2,1-5H3,(H,34,40)(H,35,42);/t13-,16?,17-,18-,21-,28?;/m0./s1. The second-order valence-electron chi connectivity index (χ2n) is 12.0. The van der Waals surface area contributed by atoms with E-state index in [9.17, 15) is 38.1 Å². The van der Waals surface area contributed by atoms with Crippen LogP contribution < -0.4 is 24.8 Å². The number of piperazine rings is 1. The van der Waals surface area contributed by atoms with Gasteiger partial charge < -0.3 is 40.2 Å². The molecule has 12 nitrogen and oxygen atoms in total. The summed E-state index contributed by atoms with van der Waals surface area (Å²) in [6.07, 6.45) is -5.67. The van der Waals surface area contributed by atoms with Gasteiger partial charge in [-0.3, -0.25) is 19.4 Å². The van der Waals surface area contributed by atoms with Crippen LogP contribution in [0.25, 0.3) is 0 Å². The number of methoxy groups -OCH3 is 1. The summed E-state index contributed by atoms with van der Waals surface area (Å²) in [7, 11) is 3.32. The van der Waals surface area contributed by atoms with Crippen LogP contribution in [-0.4, -0.2) is 95.0 Å². The zero-order valence-electron chi connectivity index (χ0n) is 25.9. The van der Waals surface area contributed by atoms with Crippen molar-refractivity contribution in [1.82, 2.24) is 20.4 Å². The summed E-state index contributed by atoms with van der Waals surface area (Å²) in [6.45, 7) is 4.30. The summed E-state index contributed by atoms with van der Waals surface area (Å²) in [4.78, 5) is 28.2. The van der Waals surface area contributed by atoms with Crippen molar-refractivity contribution in [2.45, 2.75) is 76.2 Å². The van der Waals surface area contributed by atoms with Gasteiger partial charge in [-0.2, -0.15) is 13.2 Å². The van der Waals surface area contributed by atoms with Crippen molar-refractivity contribution in [2.24, 2.45) is 0 Å². The summed E-state index contributed by atoms with van der Waals surface area (Å²) >= 11 is 0. The van der Waals surface area contributed by atoms with Crippen molar-refractivity contribution < 1.29 is 96.4 Å². The van der Waals surface area contributed by atoms with Crippen molar-refractivity contribution in [1.29, 1.82) is 0 Å². The van der Waals surface area contributed by atoms with Gasteiger partial charge in [-0.1, -0.05) is 6.07 Å².